The molecule has 0 bridgehead atoms. The van der Waals surface area contributed by atoms with Crippen molar-refractivity contribution in [1.29, 1.82) is 0 Å². The van der Waals surface area contributed by atoms with E-state index in [0.29, 0.717) is 6.54 Å². The molecule has 1 aromatic carbocycles. The first-order valence-corrected chi connectivity index (χ1v) is 10.4. The molecule has 2 fully saturated rings. The molecule has 5 heteroatoms. The summed E-state index contributed by atoms with van der Waals surface area (Å²) in [6.45, 7) is 8.81. The van der Waals surface area contributed by atoms with Gasteiger partial charge in [-0.2, -0.15) is 0 Å². The lowest BCUT2D eigenvalue weighted by molar-refractivity contribution is -0.144. The van der Waals surface area contributed by atoms with Crippen molar-refractivity contribution in [3.05, 3.63) is 46.5 Å². The average Bonchev–Trinajstić information content (AvgIpc) is 2.65. The van der Waals surface area contributed by atoms with Gasteiger partial charge in [0.15, 0.2) is 0 Å². The molecule has 2 heterocycles. The Bertz CT molecular complexity index is 683. The fraction of sp³-hybridized carbons (Fsp3) is 0.591. The van der Waals surface area contributed by atoms with Gasteiger partial charge in [0.1, 0.15) is 0 Å². The highest BCUT2D eigenvalue weighted by molar-refractivity contribution is 6.30. The van der Waals surface area contributed by atoms with Crippen molar-refractivity contribution < 1.29 is 4.79 Å². The van der Waals surface area contributed by atoms with Crippen molar-refractivity contribution in [2.24, 2.45) is 5.41 Å². The number of hydrogen-bond donors (Lipinski definition) is 1. The number of amides is 1. The average molecular weight is 390 g/mol. The molecule has 148 valence electrons. The van der Waals surface area contributed by atoms with Gasteiger partial charge in [-0.25, -0.2) is 0 Å². The van der Waals surface area contributed by atoms with E-state index in [1.54, 1.807) is 0 Å². The van der Waals surface area contributed by atoms with E-state index in [2.05, 4.69) is 42.1 Å². The number of benzene rings is 1. The van der Waals surface area contributed by atoms with Crippen molar-refractivity contribution in [3.8, 4) is 0 Å². The molecule has 2 aliphatic rings. The Kier molecular flexibility index (Phi) is 6.61. The normalized spacial score (nSPS) is 26.3. The van der Waals surface area contributed by atoms with Crippen LogP contribution < -0.4 is 5.32 Å². The van der Waals surface area contributed by atoms with E-state index < -0.39 is 0 Å². The SMILES string of the molecule is CC(C)=CCN1CCC[C@@]2(C(=O)NCc3ccc(Cl)cc3)CCN(C)C[C@H]12. The molecule has 0 unspecified atom stereocenters. The number of allylic oxidation sites excluding steroid dienone is 1. The number of nitrogens with zero attached hydrogens (tertiary/aromatic N) is 2. The lowest BCUT2D eigenvalue weighted by atomic mass is 9.67. The molecule has 1 aromatic rings. The van der Waals surface area contributed by atoms with Gasteiger partial charge in [0, 0.05) is 30.7 Å². The van der Waals surface area contributed by atoms with E-state index in [9.17, 15) is 4.79 Å². The molecule has 27 heavy (non-hydrogen) atoms. The summed E-state index contributed by atoms with van der Waals surface area (Å²) < 4.78 is 0. The van der Waals surface area contributed by atoms with Gasteiger partial charge in [-0.1, -0.05) is 35.4 Å². The van der Waals surface area contributed by atoms with Crippen LogP contribution in [0.5, 0.6) is 0 Å². The highest BCUT2D eigenvalue weighted by Gasteiger charge is 2.51. The van der Waals surface area contributed by atoms with Gasteiger partial charge >= 0.3 is 0 Å². The van der Waals surface area contributed by atoms with Crippen molar-refractivity contribution in [3.63, 3.8) is 0 Å². The Hall–Kier alpha value is -1.36. The van der Waals surface area contributed by atoms with Gasteiger partial charge in [-0.15, -0.1) is 0 Å². The third kappa shape index (κ3) is 4.74. The number of halogens is 1. The van der Waals surface area contributed by atoms with Gasteiger partial charge in [0.05, 0.1) is 5.41 Å². The molecule has 2 atom stereocenters. The summed E-state index contributed by atoms with van der Waals surface area (Å²) in [6.07, 6.45) is 5.30. The van der Waals surface area contributed by atoms with E-state index in [4.69, 9.17) is 11.6 Å². The maximum Gasteiger partial charge on any atom is 0.228 e. The predicted octanol–water partition coefficient (Wildman–Crippen LogP) is 3.71. The topological polar surface area (TPSA) is 35.6 Å². The zero-order valence-electron chi connectivity index (χ0n) is 16.8. The van der Waals surface area contributed by atoms with Gasteiger partial charge in [-0.05, 0) is 70.9 Å². The van der Waals surface area contributed by atoms with Gasteiger partial charge < -0.3 is 10.2 Å². The summed E-state index contributed by atoms with van der Waals surface area (Å²) >= 11 is 5.97. The van der Waals surface area contributed by atoms with Crippen LogP contribution in [0.15, 0.2) is 35.9 Å². The van der Waals surface area contributed by atoms with Gasteiger partial charge in [0.25, 0.3) is 0 Å². The first-order chi connectivity index (χ1) is 12.9. The molecule has 0 radical (unpaired) electrons. The first kappa shape index (κ1) is 20.4. The highest BCUT2D eigenvalue weighted by atomic mass is 35.5. The summed E-state index contributed by atoms with van der Waals surface area (Å²) in [6, 6.07) is 8.00. The Morgan fingerprint density at radius 2 is 2.00 bits per heavy atom. The third-order valence-corrected chi connectivity index (χ3v) is 6.38. The lowest BCUT2D eigenvalue weighted by Gasteiger charge is -2.53. The number of rotatable bonds is 5. The number of carbonyl (C=O) groups is 1. The van der Waals surface area contributed by atoms with Crippen molar-refractivity contribution >= 4 is 17.5 Å². The zero-order valence-corrected chi connectivity index (χ0v) is 17.6. The van der Waals surface area contributed by atoms with Gasteiger partial charge in [-0.3, -0.25) is 9.69 Å². The highest BCUT2D eigenvalue weighted by Crippen LogP contribution is 2.42. The van der Waals surface area contributed by atoms with Crippen LogP contribution in [-0.4, -0.2) is 55.0 Å². The number of nitrogens with one attached hydrogen (secondary N) is 1. The quantitative estimate of drug-likeness (QED) is 0.780. The second-order valence-electron chi connectivity index (χ2n) is 8.37. The third-order valence-electron chi connectivity index (χ3n) is 6.12. The minimum atomic E-state index is -0.271. The van der Waals surface area contributed by atoms with E-state index in [-0.39, 0.29) is 17.4 Å². The Labute approximate surface area is 168 Å². The van der Waals surface area contributed by atoms with Crippen molar-refractivity contribution in [2.45, 2.75) is 45.7 Å². The fourth-order valence-electron chi connectivity index (χ4n) is 4.49. The van der Waals surface area contributed by atoms with Crippen LogP contribution >= 0.6 is 11.6 Å². The number of carbonyl (C=O) groups excluding carboxylic acids is 1. The smallest absolute Gasteiger partial charge is 0.228 e. The minimum absolute atomic E-state index is 0.220. The maximum atomic E-state index is 13.4. The molecule has 2 saturated heterocycles. The summed E-state index contributed by atoms with van der Waals surface area (Å²) in [5.41, 5.74) is 2.15. The van der Waals surface area contributed by atoms with Crippen LogP contribution in [0.4, 0.5) is 0 Å². The predicted molar refractivity (Wildman–Crippen MR) is 112 cm³/mol. The number of likely N-dealkylation sites (N-methyl/N-ethyl adjacent to an activating group) is 1. The van der Waals surface area contributed by atoms with Crippen LogP contribution in [0.1, 0.15) is 38.7 Å². The van der Waals surface area contributed by atoms with E-state index in [1.807, 2.05) is 24.3 Å². The van der Waals surface area contributed by atoms with Crippen LogP contribution in [-0.2, 0) is 11.3 Å². The summed E-state index contributed by atoms with van der Waals surface area (Å²) in [7, 11) is 2.17. The summed E-state index contributed by atoms with van der Waals surface area (Å²) in [4.78, 5) is 18.3. The van der Waals surface area contributed by atoms with Crippen LogP contribution in [0.2, 0.25) is 5.02 Å². The van der Waals surface area contributed by atoms with Crippen LogP contribution in [0.3, 0.4) is 0 Å². The zero-order chi connectivity index (χ0) is 19.4. The second kappa shape index (κ2) is 8.76. The molecule has 0 saturated carbocycles. The van der Waals surface area contributed by atoms with Crippen molar-refractivity contribution in [2.75, 3.05) is 33.2 Å². The Morgan fingerprint density at radius 3 is 2.70 bits per heavy atom. The number of fused-ring (bicyclic) bond motifs is 1. The van der Waals surface area contributed by atoms with Gasteiger partial charge in [0.2, 0.25) is 5.91 Å². The Morgan fingerprint density at radius 1 is 1.26 bits per heavy atom. The Balaban J connectivity index is 1.75. The lowest BCUT2D eigenvalue weighted by Crippen LogP contribution is -2.65. The summed E-state index contributed by atoms with van der Waals surface area (Å²) in [5, 5.41) is 3.96. The first-order valence-electron chi connectivity index (χ1n) is 9.99. The van der Waals surface area contributed by atoms with Crippen LogP contribution in [0, 0.1) is 5.41 Å². The standard InChI is InChI=1S/C22H32ClN3O/c1-17(2)9-13-26-12-4-10-22(11-14-25(3)16-20(22)26)21(27)24-15-18-5-7-19(23)8-6-18/h5-9,20H,4,10-16H2,1-3H3,(H,24,27)/t20-,22+/m0/s1. The largest absolute Gasteiger partial charge is 0.351 e. The minimum Gasteiger partial charge on any atom is -0.351 e. The number of hydrogen-bond acceptors (Lipinski definition) is 3. The second-order valence-corrected chi connectivity index (χ2v) is 8.81. The van der Waals surface area contributed by atoms with Crippen LogP contribution in [0.25, 0.3) is 0 Å². The molecule has 2 aliphatic heterocycles. The molecule has 1 N–H and O–H groups in total. The molecule has 0 aliphatic carbocycles. The molecular weight excluding hydrogens is 358 g/mol. The molecular formula is C22H32ClN3O. The molecule has 0 aromatic heterocycles. The summed E-state index contributed by atoms with van der Waals surface area (Å²) in [5.74, 6) is 0.220. The van der Waals surface area contributed by atoms with E-state index in [1.165, 1.54) is 5.57 Å². The molecule has 4 nitrogen and oxygen atoms in total. The van der Waals surface area contributed by atoms with Crippen molar-refractivity contribution in [1.82, 2.24) is 15.1 Å². The number of likely N-dealkylation sites (tertiary alicyclic amines) is 2. The molecule has 1 amide bonds. The number of piperidine rings is 2. The monoisotopic (exact) mass is 389 g/mol. The fourth-order valence-corrected chi connectivity index (χ4v) is 4.61. The molecule has 0 spiro atoms. The van der Waals surface area contributed by atoms with E-state index >= 15 is 0 Å². The molecule has 3 rings (SSSR count). The maximum absolute atomic E-state index is 13.4. The van der Waals surface area contributed by atoms with E-state index in [0.717, 1.165) is 56.0 Å².